The zero-order chi connectivity index (χ0) is 12.1. The molecular weight excluding hydrogens is 202 g/mol. The van der Waals surface area contributed by atoms with Crippen molar-refractivity contribution in [2.45, 2.75) is 39.7 Å². The first-order valence-electron chi connectivity index (χ1n) is 5.67. The van der Waals surface area contributed by atoms with E-state index in [1.807, 2.05) is 13.0 Å². The van der Waals surface area contributed by atoms with Crippen LogP contribution in [0.1, 0.15) is 32.4 Å². The van der Waals surface area contributed by atoms with E-state index in [0.29, 0.717) is 12.0 Å². The average Bonchev–Trinajstić information content (AvgIpc) is 2.29. The Labute approximate surface area is 97.0 Å². The van der Waals surface area contributed by atoms with Gasteiger partial charge in [0.25, 0.3) is 0 Å². The van der Waals surface area contributed by atoms with Crippen molar-refractivity contribution in [1.82, 2.24) is 9.97 Å². The van der Waals surface area contributed by atoms with Crippen LogP contribution in [-0.4, -0.2) is 23.1 Å². The predicted molar refractivity (Wildman–Crippen MR) is 67.4 cm³/mol. The molecule has 1 aromatic heterocycles. The van der Waals surface area contributed by atoms with Crippen LogP contribution < -0.4 is 16.2 Å². The molecule has 5 nitrogen and oxygen atoms in total. The Morgan fingerprint density at radius 3 is 2.50 bits per heavy atom. The number of rotatable bonds is 5. The second-order valence-corrected chi connectivity index (χ2v) is 3.92. The molecule has 0 aliphatic carbocycles. The molecule has 16 heavy (non-hydrogen) atoms. The minimum Gasteiger partial charge on any atom is -0.357 e. The third-order valence-corrected chi connectivity index (χ3v) is 2.82. The molecule has 0 aliphatic heterocycles. The Balaban J connectivity index is 2.97. The van der Waals surface area contributed by atoms with E-state index >= 15 is 0 Å². The van der Waals surface area contributed by atoms with Crippen LogP contribution in [0.4, 0.5) is 11.8 Å². The van der Waals surface area contributed by atoms with E-state index in [1.165, 1.54) is 0 Å². The van der Waals surface area contributed by atoms with Crippen molar-refractivity contribution >= 4 is 11.8 Å². The molecule has 1 heterocycles. The summed E-state index contributed by atoms with van der Waals surface area (Å²) in [5.74, 6) is 6.71. The molecule has 0 saturated heterocycles. The standard InChI is InChI=1S/C11H21N5/c1-5-9(6-2)16(4)10-7-8(3)13-11(14-10)15-12/h7,9H,5-6,12H2,1-4H3,(H,13,14,15). The maximum Gasteiger partial charge on any atom is 0.239 e. The third-order valence-electron chi connectivity index (χ3n) is 2.82. The zero-order valence-electron chi connectivity index (χ0n) is 10.5. The van der Waals surface area contributed by atoms with Crippen LogP contribution in [0, 0.1) is 6.92 Å². The molecule has 0 amide bonds. The number of aryl methyl sites for hydroxylation is 1. The van der Waals surface area contributed by atoms with Gasteiger partial charge in [-0.15, -0.1) is 0 Å². The normalized spacial score (nSPS) is 10.6. The van der Waals surface area contributed by atoms with Gasteiger partial charge in [0.2, 0.25) is 5.95 Å². The van der Waals surface area contributed by atoms with E-state index in [0.717, 1.165) is 24.4 Å². The summed E-state index contributed by atoms with van der Waals surface area (Å²) in [5, 5.41) is 0. The fourth-order valence-corrected chi connectivity index (χ4v) is 1.82. The summed E-state index contributed by atoms with van der Waals surface area (Å²) in [5.41, 5.74) is 3.40. The maximum atomic E-state index is 5.34. The van der Waals surface area contributed by atoms with Gasteiger partial charge in [0, 0.05) is 24.8 Å². The highest BCUT2D eigenvalue weighted by molar-refractivity contribution is 5.44. The minimum absolute atomic E-state index is 0.466. The van der Waals surface area contributed by atoms with Gasteiger partial charge in [-0.2, -0.15) is 4.98 Å². The van der Waals surface area contributed by atoms with E-state index in [4.69, 9.17) is 5.84 Å². The van der Waals surface area contributed by atoms with Crippen molar-refractivity contribution in [3.8, 4) is 0 Å². The van der Waals surface area contributed by atoms with Gasteiger partial charge in [0.05, 0.1) is 0 Å². The van der Waals surface area contributed by atoms with Crippen LogP contribution in [0.3, 0.4) is 0 Å². The van der Waals surface area contributed by atoms with Crippen LogP contribution in [0.15, 0.2) is 6.07 Å². The van der Waals surface area contributed by atoms with Crippen molar-refractivity contribution in [2.24, 2.45) is 5.84 Å². The monoisotopic (exact) mass is 223 g/mol. The van der Waals surface area contributed by atoms with Gasteiger partial charge in [-0.1, -0.05) is 13.8 Å². The van der Waals surface area contributed by atoms with E-state index in [1.54, 1.807) is 0 Å². The fourth-order valence-electron chi connectivity index (χ4n) is 1.82. The lowest BCUT2D eigenvalue weighted by atomic mass is 10.1. The van der Waals surface area contributed by atoms with E-state index in [2.05, 4.69) is 41.2 Å². The highest BCUT2D eigenvalue weighted by Gasteiger charge is 2.13. The molecule has 90 valence electrons. The molecule has 1 rings (SSSR count). The second kappa shape index (κ2) is 5.65. The van der Waals surface area contributed by atoms with Crippen molar-refractivity contribution in [1.29, 1.82) is 0 Å². The van der Waals surface area contributed by atoms with Crippen molar-refractivity contribution in [2.75, 3.05) is 17.4 Å². The van der Waals surface area contributed by atoms with Crippen LogP contribution in [-0.2, 0) is 0 Å². The number of anilines is 2. The lowest BCUT2D eigenvalue weighted by Crippen LogP contribution is -2.31. The summed E-state index contributed by atoms with van der Waals surface area (Å²) >= 11 is 0. The number of hydrogen-bond donors (Lipinski definition) is 2. The first-order valence-corrected chi connectivity index (χ1v) is 5.67. The number of aromatic nitrogens is 2. The van der Waals surface area contributed by atoms with Crippen LogP contribution in [0.2, 0.25) is 0 Å². The SMILES string of the molecule is CCC(CC)N(C)c1cc(C)nc(NN)n1. The van der Waals surface area contributed by atoms with Crippen molar-refractivity contribution in [3.63, 3.8) is 0 Å². The number of nitrogens with two attached hydrogens (primary N) is 1. The number of nitrogen functional groups attached to an aromatic ring is 1. The first-order chi connectivity index (χ1) is 7.62. The molecule has 0 bridgehead atoms. The van der Waals surface area contributed by atoms with Crippen LogP contribution >= 0.6 is 0 Å². The minimum atomic E-state index is 0.466. The van der Waals surface area contributed by atoms with Crippen molar-refractivity contribution < 1.29 is 0 Å². The molecule has 0 spiro atoms. The first kappa shape index (κ1) is 12.7. The molecule has 0 radical (unpaired) electrons. The van der Waals surface area contributed by atoms with Gasteiger partial charge in [-0.05, 0) is 19.8 Å². The smallest absolute Gasteiger partial charge is 0.239 e. The highest BCUT2D eigenvalue weighted by atomic mass is 15.3. The Morgan fingerprint density at radius 1 is 1.38 bits per heavy atom. The van der Waals surface area contributed by atoms with Gasteiger partial charge in [-0.3, -0.25) is 5.43 Å². The molecule has 0 fully saturated rings. The Kier molecular flexibility index (Phi) is 4.49. The van der Waals surface area contributed by atoms with Crippen molar-refractivity contribution in [3.05, 3.63) is 11.8 Å². The summed E-state index contributed by atoms with van der Waals surface area (Å²) in [6.07, 6.45) is 2.20. The topological polar surface area (TPSA) is 67.1 Å². The third kappa shape index (κ3) is 2.82. The maximum absolute atomic E-state index is 5.34. The number of hydrogen-bond acceptors (Lipinski definition) is 5. The number of nitrogens with one attached hydrogen (secondary N) is 1. The Morgan fingerprint density at radius 2 is 2.00 bits per heavy atom. The molecule has 5 heteroatoms. The van der Waals surface area contributed by atoms with Crippen LogP contribution in [0.25, 0.3) is 0 Å². The van der Waals surface area contributed by atoms with Gasteiger partial charge in [0.15, 0.2) is 0 Å². The van der Waals surface area contributed by atoms with Gasteiger partial charge in [-0.25, -0.2) is 10.8 Å². The quantitative estimate of drug-likeness (QED) is 0.587. The van der Waals surface area contributed by atoms with Gasteiger partial charge in [0.1, 0.15) is 5.82 Å². The fraction of sp³-hybridized carbons (Fsp3) is 0.636. The largest absolute Gasteiger partial charge is 0.357 e. The average molecular weight is 223 g/mol. The lowest BCUT2D eigenvalue weighted by molar-refractivity contribution is 0.586. The Bertz CT molecular complexity index is 335. The van der Waals surface area contributed by atoms with E-state index < -0.39 is 0 Å². The molecule has 0 unspecified atom stereocenters. The lowest BCUT2D eigenvalue weighted by Gasteiger charge is -2.27. The summed E-state index contributed by atoms with van der Waals surface area (Å²) in [4.78, 5) is 10.7. The summed E-state index contributed by atoms with van der Waals surface area (Å²) in [6.45, 7) is 6.30. The van der Waals surface area contributed by atoms with E-state index in [-0.39, 0.29) is 0 Å². The molecule has 0 saturated carbocycles. The summed E-state index contributed by atoms with van der Waals surface area (Å²) in [6, 6.07) is 2.47. The zero-order valence-corrected chi connectivity index (χ0v) is 10.5. The van der Waals surface area contributed by atoms with Gasteiger partial charge < -0.3 is 4.90 Å². The second-order valence-electron chi connectivity index (χ2n) is 3.92. The predicted octanol–water partition coefficient (Wildman–Crippen LogP) is 1.70. The molecule has 3 N–H and O–H groups in total. The molecular formula is C11H21N5. The van der Waals surface area contributed by atoms with Gasteiger partial charge >= 0.3 is 0 Å². The number of nitrogens with zero attached hydrogens (tertiary/aromatic N) is 3. The van der Waals surface area contributed by atoms with Crippen LogP contribution in [0.5, 0.6) is 0 Å². The Hall–Kier alpha value is -1.36. The molecule has 0 aromatic carbocycles. The summed E-state index contributed by atoms with van der Waals surface area (Å²) < 4.78 is 0. The molecule has 1 aromatic rings. The summed E-state index contributed by atoms with van der Waals surface area (Å²) in [7, 11) is 2.06. The van der Waals surface area contributed by atoms with E-state index in [9.17, 15) is 0 Å². The highest BCUT2D eigenvalue weighted by Crippen LogP contribution is 2.18. The number of hydrazine groups is 1. The molecule has 0 aliphatic rings. The molecule has 0 atom stereocenters.